The number of benzene rings is 2. The second-order valence-corrected chi connectivity index (χ2v) is 5.47. The lowest BCUT2D eigenvalue weighted by Gasteiger charge is -2.22. The zero-order valence-electron chi connectivity index (χ0n) is 12.2. The average Bonchev–Trinajstić information content (AvgIpc) is 2.55. The molecule has 1 heterocycles. The third-order valence-electron chi connectivity index (χ3n) is 3.99. The smallest absolute Gasteiger partial charge is 0.252 e. The number of hydrogen-bond acceptors (Lipinski definition) is 2. The molecule has 1 aliphatic heterocycles. The molecule has 2 N–H and O–H groups in total. The normalized spacial score (nSPS) is 14.7. The van der Waals surface area contributed by atoms with Gasteiger partial charge < -0.3 is 10.6 Å². The van der Waals surface area contributed by atoms with Crippen LogP contribution in [-0.2, 0) is 6.42 Å². The van der Waals surface area contributed by atoms with Gasteiger partial charge in [-0.2, -0.15) is 0 Å². The molecule has 21 heavy (non-hydrogen) atoms. The van der Waals surface area contributed by atoms with Gasteiger partial charge in [-0.25, -0.2) is 0 Å². The monoisotopic (exact) mass is 280 g/mol. The Balaban J connectivity index is 1.80. The molecule has 0 fully saturated rings. The van der Waals surface area contributed by atoms with E-state index in [4.69, 9.17) is 0 Å². The Labute approximate surface area is 125 Å². The van der Waals surface area contributed by atoms with Gasteiger partial charge in [0.25, 0.3) is 5.91 Å². The molecule has 0 bridgehead atoms. The van der Waals surface area contributed by atoms with Crippen LogP contribution in [0.1, 0.15) is 40.9 Å². The van der Waals surface area contributed by atoms with Crippen molar-refractivity contribution >= 4 is 11.6 Å². The van der Waals surface area contributed by atoms with Crippen LogP contribution in [0.4, 0.5) is 5.69 Å². The Bertz CT molecular complexity index is 637. The number of carbonyl (C=O) groups excluding carboxylic acids is 1. The van der Waals surface area contributed by atoms with Crippen molar-refractivity contribution in [2.24, 2.45) is 0 Å². The summed E-state index contributed by atoms with van der Waals surface area (Å²) in [4.78, 5) is 12.6. The van der Waals surface area contributed by atoms with E-state index in [0.717, 1.165) is 41.8 Å². The van der Waals surface area contributed by atoms with Crippen molar-refractivity contribution in [1.29, 1.82) is 0 Å². The maximum atomic E-state index is 12.6. The number of hydrogen-bond donors (Lipinski definition) is 2. The first-order chi connectivity index (χ1) is 10.3. The molecule has 0 saturated heterocycles. The SMILES string of the molecule is C[C@H](NC(=O)c1cccc2c1CCCN2)c1ccccc1. The Hall–Kier alpha value is -2.29. The van der Waals surface area contributed by atoms with E-state index in [1.165, 1.54) is 0 Å². The second kappa shape index (κ2) is 6.00. The number of anilines is 1. The lowest BCUT2D eigenvalue weighted by Crippen LogP contribution is -2.28. The van der Waals surface area contributed by atoms with E-state index >= 15 is 0 Å². The fraction of sp³-hybridized carbons (Fsp3) is 0.278. The predicted molar refractivity (Wildman–Crippen MR) is 85.6 cm³/mol. The number of nitrogens with one attached hydrogen (secondary N) is 2. The molecule has 0 spiro atoms. The van der Waals surface area contributed by atoms with Crippen LogP contribution in [0.2, 0.25) is 0 Å². The van der Waals surface area contributed by atoms with Gasteiger partial charge in [0.1, 0.15) is 0 Å². The van der Waals surface area contributed by atoms with Gasteiger partial charge in [-0.3, -0.25) is 4.79 Å². The minimum Gasteiger partial charge on any atom is -0.385 e. The van der Waals surface area contributed by atoms with E-state index in [1.807, 2.05) is 55.5 Å². The standard InChI is InChI=1S/C18H20N2O/c1-13(14-7-3-2-4-8-14)20-18(21)16-9-5-11-17-15(16)10-6-12-19-17/h2-5,7-9,11,13,19H,6,10,12H2,1H3,(H,20,21)/t13-/m0/s1. The zero-order chi connectivity index (χ0) is 14.7. The third-order valence-corrected chi connectivity index (χ3v) is 3.99. The summed E-state index contributed by atoms with van der Waals surface area (Å²) in [6, 6.07) is 15.9. The zero-order valence-corrected chi connectivity index (χ0v) is 12.2. The van der Waals surface area contributed by atoms with Crippen molar-refractivity contribution in [2.45, 2.75) is 25.8 Å². The van der Waals surface area contributed by atoms with E-state index in [0.29, 0.717) is 0 Å². The summed E-state index contributed by atoms with van der Waals surface area (Å²) in [5, 5.41) is 6.46. The van der Waals surface area contributed by atoms with Crippen molar-refractivity contribution < 1.29 is 4.79 Å². The average molecular weight is 280 g/mol. The number of rotatable bonds is 3. The Morgan fingerprint density at radius 2 is 1.95 bits per heavy atom. The highest BCUT2D eigenvalue weighted by Gasteiger charge is 2.18. The van der Waals surface area contributed by atoms with Crippen molar-refractivity contribution in [1.82, 2.24) is 5.32 Å². The van der Waals surface area contributed by atoms with Gasteiger partial charge in [-0.05, 0) is 43.0 Å². The predicted octanol–water partition coefficient (Wildman–Crippen LogP) is 3.54. The van der Waals surface area contributed by atoms with Crippen LogP contribution in [0.25, 0.3) is 0 Å². The van der Waals surface area contributed by atoms with Gasteiger partial charge in [0.15, 0.2) is 0 Å². The molecule has 3 rings (SSSR count). The topological polar surface area (TPSA) is 41.1 Å². The van der Waals surface area contributed by atoms with Crippen molar-refractivity contribution in [2.75, 3.05) is 11.9 Å². The van der Waals surface area contributed by atoms with Gasteiger partial charge in [-0.15, -0.1) is 0 Å². The molecule has 3 nitrogen and oxygen atoms in total. The van der Waals surface area contributed by atoms with Crippen molar-refractivity contribution in [3.63, 3.8) is 0 Å². The summed E-state index contributed by atoms with van der Waals surface area (Å²) >= 11 is 0. The van der Waals surface area contributed by atoms with E-state index in [-0.39, 0.29) is 11.9 Å². The van der Waals surface area contributed by atoms with E-state index in [2.05, 4.69) is 10.6 Å². The first-order valence-corrected chi connectivity index (χ1v) is 7.47. The first kappa shape index (κ1) is 13.7. The quantitative estimate of drug-likeness (QED) is 0.903. The molecular formula is C18H20N2O. The van der Waals surface area contributed by atoms with Crippen LogP contribution in [-0.4, -0.2) is 12.5 Å². The molecule has 0 aromatic heterocycles. The maximum Gasteiger partial charge on any atom is 0.252 e. The number of carbonyl (C=O) groups is 1. The fourth-order valence-corrected chi connectivity index (χ4v) is 2.82. The molecule has 0 saturated carbocycles. The van der Waals surface area contributed by atoms with Gasteiger partial charge >= 0.3 is 0 Å². The highest BCUT2D eigenvalue weighted by Crippen LogP contribution is 2.25. The van der Waals surface area contributed by atoms with Gasteiger partial charge in [-0.1, -0.05) is 36.4 Å². The minimum atomic E-state index is 0.00565. The molecule has 2 aromatic rings. The maximum absolute atomic E-state index is 12.6. The minimum absolute atomic E-state index is 0.00565. The van der Waals surface area contributed by atoms with Crippen molar-refractivity contribution in [3.05, 3.63) is 65.2 Å². The van der Waals surface area contributed by atoms with Crippen LogP contribution >= 0.6 is 0 Å². The van der Waals surface area contributed by atoms with Crippen LogP contribution in [0.15, 0.2) is 48.5 Å². The van der Waals surface area contributed by atoms with Crippen LogP contribution in [0.5, 0.6) is 0 Å². The molecule has 0 radical (unpaired) electrons. The molecule has 108 valence electrons. The van der Waals surface area contributed by atoms with Gasteiger partial charge in [0.05, 0.1) is 6.04 Å². The molecule has 2 aromatic carbocycles. The summed E-state index contributed by atoms with van der Waals surface area (Å²) < 4.78 is 0. The molecule has 1 aliphatic rings. The van der Waals surface area contributed by atoms with Crippen LogP contribution < -0.4 is 10.6 Å². The third kappa shape index (κ3) is 2.92. The Morgan fingerprint density at radius 1 is 1.14 bits per heavy atom. The van der Waals surface area contributed by atoms with E-state index in [9.17, 15) is 4.79 Å². The first-order valence-electron chi connectivity index (χ1n) is 7.47. The van der Waals surface area contributed by atoms with Gasteiger partial charge in [0, 0.05) is 17.8 Å². The Kier molecular flexibility index (Phi) is 3.91. The fourth-order valence-electron chi connectivity index (χ4n) is 2.82. The summed E-state index contributed by atoms with van der Waals surface area (Å²) in [5.74, 6) is 0.00639. The molecule has 0 aliphatic carbocycles. The second-order valence-electron chi connectivity index (χ2n) is 5.47. The number of amides is 1. The summed E-state index contributed by atoms with van der Waals surface area (Å²) in [6.45, 7) is 3.00. The largest absolute Gasteiger partial charge is 0.385 e. The lowest BCUT2D eigenvalue weighted by molar-refractivity contribution is 0.0939. The molecule has 0 unspecified atom stereocenters. The molecule has 1 atom stereocenters. The molecule has 1 amide bonds. The van der Waals surface area contributed by atoms with Gasteiger partial charge in [0.2, 0.25) is 0 Å². The highest BCUT2D eigenvalue weighted by molar-refractivity contribution is 5.97. The highest BCUT2D eigenvalue weighted by atomic mass is 16.1. The van der Waals surface area contributed by atoms with Crippen molar-refractivity contribution in [3.8, 4) is 0 Å². The van der Waals surface area contributed by atoms with E-state index < -0.39 is 0 Å². The number of fused-ring (bicyclic) bond motifs is 1. The van der Waals surface area contributed by atoms with Crippen LogP contribution in [0, 0.1) is 0 Å². The molecular weight excluding hydrogens is 260 g/mol. The summed E-state index contributed by atoms with van der Waals surface area (Å²) in [6.07, 6.45) is 2.04. The lowest BCUT2D eigenvalue weighted by atomic mass is 9.96. The van der Waals surface area contributed by atoms with E-state index in [1.54, 1.807) is 0 Å². The summed E-state index contributed by atoms with van der Waals surface area (Å²) in [5.41, 5.74) is 4.15. The Morgan fingerprint density at radius 3 is 2.76 bits per heavy atom. The van der Waals surface area contributed by atoms with Crippen LogP contribution in [0.3, 0.4) is 0 Å². The summed E-state index contributed by atoms with van der Waals surface area (Å²) in [7, 11) is 0. The molecule has 3 heteroatoms.